The van der Waals surface area contributed by atoms with Gasteiger partial charge in [-0.3, -0.25) is 0 Å². The van der Waals surface area contributed by atoms with Crippen LogP contribution in [0.25, 0.3) is 0 Å². The van der Waals surface area contributed by atoms with Gasteiger partial charge in [-0.2, -0.15) is 0 Å². The molecule has 4 heteroatoms. The summed E-state index contributed by atoms with van der Waals surface area (Å²) in [5.41, 5.74) is 7.07. The van der Waals surface area contributed by atoms with Crippen LogP contribution in [0, 0.1) is 5.82 Å². The van der Waals surface area contributed by atoms with Crippen molar-refractivity contribution in [2.45, 2.75) is 11.8 Å². The lowest BCUT2D eigenvalue weighted by atomic mass is 9.76. The summed E-state index contributed by atoms with van der Waals surface area (Å²) in [6, 6.07) is 13.6. The van der Waals surface area contributed by atoms with Gasteiger partial charge in [-0.1, -0.05) is 35.9 Å². The molecule has 0 radical (unpaired) electrons. The van der Waals surface area contributed by atoms with Crippen molar-refractivity contribution in [1.82, 2.24) is 0 Å². The number of nitrogens with two attached hydrogens (primary N) is 1. The van der Waals surface area contributed by atoms with Crippen LogP contribution in [-0.2, 0) is 11.8 Å². The number of halogens is 2. The van der Waals surface area contributed by atoms with Gasteiger partial charge >= 0.3 is 0 Å². The lowest BCUT2D eigenvalue weighted by Gasteiger charge is -2.31. The zero-order valence-corrected chi connectivity index (χ0v) is 11.8. The van der Waals surface area contributed by atoms with Crippen molar-refractivity contribution in [3.05, 3.63) is 70.5 Å². The number of hydrogen-bond acceptors (Lipinski definition) is 2. The number of aliphatic hydroxyl groups is 1. The van der Waals surface area contributed by atoms with Crippen LogP contribution in [0.5, 0.6) is 0 Å². The minimum absolute atomic E-state index is 0.109. The summed E-state index contributed by atoms with van der Waals surface area (Å²) in [6.45, 7) is 0.156. The normalized spacial score (nSPS) is 14.0. The molecule has 0 bridgehead atoms. The van der Waals surface area contributed by atoms with Crippen LogP contribution in [0.2, 0.25) is 5.02 Å². The lowest BCUT2D eigenvalue weighted by molar-refractivity contribution is 0.196. The first kappa shape index (κ1) is 15.0. The summed E-state index contributed by atoms with van der Waals surface area (Å²) in [7, 11) is 0. The van der Waals surface area contributed by atoms with Crippen LogP contribution in [0.1, 0.15) is 11.1 Å². The van der Waals surface area contributed by atoms with E-state index in [1.54, 1.807) is 18.2 Å². The van der Waals surface area contributed by atoms with Crippen molar-refractivity contribution in [2.75, 3.05) is 13.2 Å². The molecule has 2 nitrogen and oxygen atoms in total. The molecule has 0 aromatic heterocycles. The van der Waals surface area contributed by atoms with Crippen LogP contribution in [0.15, 0.2) is 48.5 Å². The third kappa shape index (κ3) is 3.18. The molecule has 106 valence electrons. The third-order valence-electron chi connectivity index (χ3n) is 3.58. The monoisotopic (exact) mass is 293 g/mol. The number of benzene rings is 2. The van der Waals surface area contributed by atoms with Crippen molar-refractivity contribution in [3.8, 4) is 0 Å². The van der Waals surface area contributed by atoms with E-state index in [1.807, 2.05) is 18.2 Å². The second-order valence-corrected chi connectivity index (χ2v) is 5.39. The molecule has 3 N–H and O–H groups in total. The summed E-state index contributed by atoms with van der Waals surface area (Å²) >= 11 is 5.98. The van der Waals surface area contributed by atoms with E-state index in [4.69, 9.17) is 17.3 Å². The van der Waals surface area contributed by atoms with Crippen LogP contribution >= 0.6 is 11.6 Å². The predicted octanol–water partition coefficient (Wildman–Crippen LogP) is 2.91. The quantitative estimate of drug-likeness (QED) is 0.890. The largest absolute Gasteiger partial charge is 0.395 e. The molecule has 20 heavy (non-hydrogen) atoms. The molecule has 0 saturated heterocycles. The molecule has 0 spiro atoms. The van der Waals surface area contributed by atoms with E-state index in [0.29, 0.717) is 11.4 Å². The number of hydrogen-bond donors (Lipinski definition) is 2. The second-order valence-electron chi connectivity index (χ2n) is 4.96. The minimum atomic E-state index is -0.627. The highest BCUT2D eigenvalue weighted by atomic mass is 35.5. The molecule has 0 heterocycles. The smallest absolute Gasteiger partial charge is 0.123 e. The summed E-state index contributed by atoms with van der Waals surface area (Å²) < 4.78 is 13.1. The van der Waals surface area contributed by atoms with E-state index in [2.05, 4.69) is 0 Å². The molecule has 0 aliphatic heterocycles. The molecule has 1 atom stereocenters. The summed E-state index contributed by atoms with van der Waals surface area (Å²) in [5, 5.41) is 10.5. The Bertz CT molecular complexity index is 567. The summed E-state index contributed by atoms with van der Waals surface area (Å²) in [4.78, 5) is 0. The first-order valence-corrected chi connectivity index (χ1v) is 6.79. The SMILES string of the molecule is NCC(CO)(Cc1cccc(Cl)c1)c1ccc(F)cc1. The zero-order valence-electron chi connectivity index (χ0n) is 11.0. The molecule has 0 aliphatic rings. The Morgan fingerprint density at radius 1 is 1.15 bits per heavy atom. The zero-order chi connectivity index (χ0) is 14.6. The second kappa shape index (κ2) is 6.35. The topological polar surface area (TPSA) is 46.2 Å². The fourth-order valence-corrected chi connectivity index (χ4v) is 2.56. The Morgan fingerprint density at radius 2 is 1.85 bits per heavy atom. The van der Waals surface area contributed by atoms with Crippen molar-refractivity contribution in [3.63, 3.8) is 0 Å². The average molecular weight is 294 g/mol. The fraction of sp³-hybridized carbons (Fsp3) is 0.250. The maximum atomic E-state index is 13.1. The van der Waals surface area contributed by atoms with Crippen molar-refractivity contribution < 1.29 is 9.50 Å². The van der Waals surface area contributed by atoms with Crippen molar-refractivity contribution >= 4 is 11.6 Å². The Labute approximate surface area is 123 Å². The highest BCUT2D eigenvalue weighted by Gasteiger charge is 2.30. The van der Waals surface area contributed by atoms with Gasteiger partial charge in [-0.15, -0.1) is 0 Å². The van der Waals surface area contributed by atoms with Crippen LogP contribution in [0.3, 0.4) is 0 Å². The molecular weight excluding hydrogens is 277 g/mol. The van der Waals surface area contributed by atoms with E-state index in [9.17, 15) is 9.50 Å². The molecule has 2 rings (SSSR count). The molecule has 0 amide bonds. The third-order valence-corrected chi connectivity index (χ3v) is 3.82. The van der Waals surface area contributed by atoms with Gasteiger partial charge in [0.1, 0.15) is 5.82 Å². The van der Waals surface area contributed by atoms with Gasteiger partial charge in [0, 0.05) is 17.0 Å². The molecular formula is C16H17ClFNO. The molecule has 2 aromatic rings. The average Bonchev–Trinajstić information content (AvgIpc) is 2.46. The van der Waals surface area contributed by atoms with Gasteiger partial charge in [-0.05, 0) is 41.8 Å². The Hall–Kier alpha value is -1.42. The maximum Gasteiger partial charge on any atom is 0.123 e. The molecule has 0 fully saturated rings. The van der Waals surface area contributed by atoms with E-state index >= 15 is 0 Å². The van der Waals surface area contributed by atoms with Gasteiger partial charge in [0.15, 0.2) is 0 Å². The molecule has 0 saturated carbocycles. The van der Waals surface area contributed by atoms with Crippen molar-refractivity contribution in [2.24, 2.45) is 5.73 Å². The van der Waals surface area contributed by atoms with Crippen LogP contribution in [0.4, 0.5) is 4.39 Å². The highest BCUT2D eigenvalue weighted by Crippen LogP contribution is 2.28. The first-order chi connectivity index (χ1) is 9.59. The van der Waals surface area contributed by atoms with Crippen molar-refractivity contribution in [1.29, 1.82) is 0 Å². The maximum absolute atomic E-state index is 13.1. The van der Waals surface area contributed by atoms with E-state index in [1.165, 1.54) is 12.1 Å². The Morgan fingerprint density at radius 3 is 2.40 bits per heavy atom. The van der Waals surface area contributed by atoms with Gasteiger partial charge < -0.3 is 10.8 Å². The Balaban J connectivity index is 2.36. The molecule has 1 unspecified atom stereocenters. The van der Waals surface area contributed by atoms with Crippen LogP contribution < -0.4 is 5.73 Å². The lowest BCUT2D eigenvalue weighted by Crippen LogP contribution is -2.41. The first-order valence-electron chi connectivity index (χ1n) is 6.41. The minimum Gasteiger partial charge on any atom is -0.395 e. The van der Waals surface area contributed by atoms with Gasteiger partial charge in [-0.25, -0.2) is 4.39 Å². The van der Waals surface area contributed by atoms with E-state index in [0.717, 1.165) is 11.1 Å². The number of rotatable bonds is 5. The predicted molar refractivity (Wildman–Crippen MR) is 79.4 cm³/mol. The molecule has 2 aromatic carbocycles. The standard InChI is InChI=1S/C16H17ClFNO/c17-14-3-1-2-12(8-14)9-16(10-19,11-20)13-4-6-15(18)7-5-13/h1-8,20H,9-11,19H2. The van der Waals surface area contributed by atoms with E-state index in [-0.39, 0.29) is 19.0 Å². The highest BCUT2D eigenvalue weighted by molar-refractivity contribution is 6.30. The summed E-state index contributed by atoms with van der Waals surface area (Å²) in [5.74, 6) is -0.305. The van der Waals surface area contributed by atoms with Crippen LogP contribution in [-0.4, -0.2) is 18.3 Å². The molecule has 0 aliphatic carbocycles. The number of aliphatic hydroxyl groups excluding tert-OH is 1. The summed E-state index contributed by atoms with van der Waals surface area (Å²) in [6.07, 6.45) is 0.548. The fourth-order valence-electron chi connectivity index (χ4n) is 2.34. The van der Waals surface area contributed by atoms with E-state index < -0.39 is 5.41 Å². The van der Waals surface area contributed by atoms with Gasteiger partial charge in [0.2, 0.25) is 0 Å². The van der Waals surface area contributed by atoms with Gasteiger partial charge in [0.05, 0.1) is 6.61 Å². The Kier molecular flexibility index (Phi) is 4.76. The van der Waals surface area contributed by atoms with Gasteiger partial charge in [0.25, 0.3) is 0 Å².